The molecule has 1 aromatic rings. The molecule has 0 aliphatic heterocycles. The highest BCUT2D eigenvalue weighted by Gasteiger charge is 2.14. The largest absolute Gasteiger partial charge is 0.352 e. The number of carbonyl (C=O) groups excluding carboxylic acids is 1. The molecule has 1 aromatic carbocycles. The van der Waals surface area contributed by atoms with Crippen molar-refractivity contribution < 1.29 is 13.6 Å². The highest BCUT2D eigenvalue weighted by atomic mass is 79.9. The number of carbonyl (C=O) groups is 1. The Kier molecular flexibility index (Phi) is 5.85. The summed E-state index contributed by atoms with van der Waals surface area (Å²) in [6.45, 7) is 0.425. The molecular formula is C11H11BrClF2NO. The normalized spacial score (nSPS) is 10.4. The molecule has 1 N–H and O–H groups in total. The van der Waals surface area contributed by atoms with Crippen molar-refractivity contribution in [3.63, 3.8) is 0 Å². The van der Waals surface area contributed by atoms with Gasteiger partial charge >= 0.3 is 0 Å². The summed E-state index contributed by atoms with van der Waals surface area (Å²) in [6, 6.07) is 1.60. The van der Waals surface area contributed by atoms with Gasteiger partial charge in [0.05, 0.1) is 10.6 Å². The number of rotatable bonds is 5. The Bertz CT molecular complexity index is 415. The van der Waals surface area contributed by atoms with Crippen LogP contribution in [0.5, 0.6) is 0 Å². The van der Waals surface area contributed by atoms with E-state index in [1.807, 2.05) is 0 Å². The van der Waals surface area contributed by atoms with Crippen molar-refractivity contribution in [2.45, 2.75) is 12.8 Å². The molecule has 94 valence electrons. The highest BCUT2D eigenvalue weighted by Crippen LogP contribution is 2.19. The molecule has 0 radical (unpaired) electrons. The molecule has 0 aromatic heterocycles. The minimum Gasteiger partial charge on any atom is -0.352 e. The Morgan fingerprint density at radius 2 is 2.00 bits per heavy atom. The number of amides is 1. The monoisotopic (exact) mass is 325 g/mol. The molecule has 0 heterocycles. The lowest BCUT2D eigenvalue weighted by atomic mass is 10.2. The number of alkyl halides is 1. The molecule has 0 unspecified atom stereocenters. The molecule has 6 heteroatoms. The first-order valence-corrected chi connectivity index (χ1v) is 6.55. The van der Waals surface area contributed by atoms with Gasteiger partial charge in [-0.1, -0.05) is 27.5 Å². The van der Waals surface area contributed by atoms with Gasteiger partial charge in [0.25, 0.3) is 5.91 Å². The number of unbranched alkanes of at least 4 members (excludes halogenated alkanes) is 1. The molecular weight excluding hydrogens is 315 g/mol. The Balaban J connectivity index is 2.66. The maximum absolute atomic E-state index is 13.3. The summed E-state index contributed by atoms with van der Waals surface area (Å²) in [5.74, 6) is -2.26. The molecule has 0 atom stereocenters. The summed E-state index contributed by atoms with van der Waals surface area (Å²) in [6.07, 6.45) is 1.67. The first kappa shape index (κ1) is 14.4. The molecule has 1 amide bonds. The van der Waals surface area contributed by atoms with E-state index in [9.17, 15) is 13.6 Å². The summed E-state index contributed by atoms with van der Waals surface area (Å²) in [7, 11) is 0. The molecule has 0 aliphatic carbocycles. The Morgan fingerprint density at radius 1 is 1.29 bits per heavy atom. The van der Waals surface area contributed by atoms with Gasteiger partial charge < -0.3 is 5.32 Å². The van der Waals surface area contributed by atoms with Gasteiger partial charge in [0.1, 0.15) is 11.6 Å². The lowest BCUT2D eigenvalue weighted by Crippen LogP contribution is -2.25. The smallest absolute Gasteiger partial charge is 0.254 e. The third-order valence-electron chi connectivity index (χ3n) is 2.10. The van der Waals surface area contributed by atoms with Crippen molar-refractivity contribution >= 4 is 33.4 Å². The van der Waals surface area contributed by atoms with E-state index in [-0.39, 0.29) is 10.6 Å². The fourth-order valence-electron chi connectivity index (χ4n) is 1.21. The van der Waals surface area contributed by atoms with E-state index < -0.39 is 17.5 Å². The van der Waals surface area contributed by atoms with Gasteiger partial charge in [0, 0.05) is 11.9 Å². The molecule has 17 heavy (non-hydrogen) atoms. The van der Waals surface area contributed by atoms with Crippen molar-refractivity contribution in [1.82, 2.24) is 5.32 Å². The van der Waals surface area contributed by atoms with E-state index in [2.05, 4.69) is 21.2 Å². The molecule has 0 saturated carbocycles. The standard InChI is InChI=1S/C11H11BrClF2NO/c12-3-1-2-4-16-11(17)7-5-10(15)8(13)6-9(7)14/h5-6H,1-4H2,(H,16,17). The van der Waals surface area contributed by atoms with Crippen LogP contribution < -0.4 is 5.32 Å². The maximum atomic E-state index is 13.3. The molecule has 2 nitrogen and oxygen atoms in total. The van der Waals surface area contributed by atoms with Crippen LogP contribution in [0.1, 0.15) is 23.2 Å². The summed E-state index contributed by atoms with van der Waals surface area (Å²) < 4.78 is 26.4. The average molecular weight is 327 g/mol. The summed E-state index contributed by atoms with van der Waals surface area (Å²) in [4.78, 5) is 11.5. The zero-order chi connectivity index (χ0) is 12.8. The average Bonchev–Trinajstić information content (AvgIpc) is 2.29. The first-order valence-electron chi connectivity index (χ1n) is 5.05. The fourth-order valence-corrected chi connectivity index (χ4v) is 1.76. The molecule has 1 rings (SSSR count). The number of hydrogen-bond donors (Lipinski definition) is 1. The molecule has 0 bridgehead atoms. The van der Waals surface area contributed by atoms with Gasteiger partial charge in [-0.05, 0) is 25.0 Å². The van der Waals surface area contributed by atoms with Crippen LogP contribution in [0.3, 0.4) is 0 Å². The van der Waals surface area contributed by atoms with Crippen LogP contribution in [-0.2, 0) is 0 Å². The number of hydrogen-bond acceptors (Lipinski definition) is 1. The SMILES string of the molecule is O=C(NCCCCBr)c1cc(F)c(Cl)cc1F. The first-order chi connectivity index (χ1) is 8.06. The van der Waals surface area contributed by atoms with Crippen LogP contribution >= 0.6 is 27.5 Å². The number of benzene rings is 1. The summed E-state index contributed by atoms with van der Waals surface area (Å²) >= 11 is 8.64. The fraction of sp³-hybridized carbons (Fsp3) is 0.364. The quantitative estimate of drug-likeness (QED) is 0.501. The second-order valence-corrected chi connectivity index (χ2v) is 4.60. The second-order valence-electron chi connectivity index (χ2n) is 3.40. The van der Waals surface area contributed by atoms with Crippen LogP contribution in [0.25, 0.3) is 0 Å². The molecule has 0 spiro atoms. The van der Waals surface area contributed by atoms with E-state index in [4.69, 9.17) is 11.6 Å². The van der Waals surface area contributed by atoms with E-state index >= 15 is 0 Å². The Labute approximate surface area is 111 Å². The van der Waals surface area contributed by atoms with Crippen LogP contribution in [0, 0.1) is 11.6 Å². The topological polar surface area (TPSA) is 29.1 Å². The molecule has 0 aliphatic rings. The minimum absolute atomic E-state index is 0.328. The van der Waals surface area contributed by atoms with Crippen molar-refractivity contribution in [3.05, 3.63) is 34.4 Å². The van der Waals surface area contributed by atoms with Gasteiger partial charge in [0.2, 0.25) is 0 Å². The third-order valence-corrected chi connectivity index (χ3v) is 2.95. The van der Waals surface area contributed by atoms with Crippen LogP contribution in [0.15, 0.2) is 12.1 Å². The van der Waals surface area contributed by atoms with Crippen LogP contribution in [-0.4, -0.2) is 17.8 Å². The second kappa shape index (κ2) is 6.91. The minimum atomic E-state index is -0.825. The summed E-state index contributed by atoms with van der Waals surface area (Å²) in [5, 5.41) is 3.02. The van der Waals surface area contributed by atoms with Crippen molar-refractivity contribution in [1.29, 1.82) is 0 Å². The summed E-state index contributed by atoms with van der Waals surface area (Å²) in [5.41, 5.74) is -0.328. The lowest BCUT2D eigenvalue weighted by Gasteiger charge is -2.06. The van der Waals surface area contributed by atoms with E-state index in [0.29, 0.717) is 6.54 Å². The maximum Gasteiger partial charge on any atom is 0.254 e. The lowest BCUT2D eigenvalue weighted by molar-refractivity contribution is 0.0948. The number of nitrogens with one attached hydrogen (secondary N) is 1. The van der Waals surface area contributed by atoms with Gasteiger partial charge in [-0.15, -0.1) is 0 Å². The molecule has 0 fully saturated rings. The highest BCUT2D eigenvalue weighted by molar-refractivity contribution is 9.09. The zero-order valence-corrected chi connectivity index (χ0v) is 11.2. The third kappa shape index (κ3) is 4.24. The van der Waals surface area contributed by atoms with Crippen molar-refractivity contribution in [2.75, 3.05) is 11.9 Å². The van der Waals surface area contributed by atoms with E-state index in [1.165, 1.54) is 0 Å². The van der Waals surface area contributed by atoms with Gasteiger partial charge in [-0.3, -0.25) is 4.79 Å². The van der Waals surface area contributed by atoms with Crippen molar-refractivity contribution in [2.24, 2.45) is 0 Å². The van der Waals surface area contributed by atoms with Gasteiger partial charge in [0.15, 0.2) is 0 Å². The van der Waals surface area contributed by atoms with Crippen LogP contribution in [0.2, 0.25) is 5.02 Å². The van der Waals surface area contributed by atoms with Crippen molar-refractivity contribution in [3.8, 4) is 0 Å². The van der Waals surface area contributed by atoms with E-state index in [0.717, 1.165) is 30.3 Å². The predicted octanol–water partition coefficient (Wildman–Crippen LogP) is 3.52. The van der Waals surface area contributed by atoms with Gasteiger partial charge in [-0.2, -0.15) is 0 Å². The Hall–Kier alpha value is -0.680. The van der Waals surface area contributed by atoms with Gasteiger partial charge in [-0.25, -0.2) is 8.78 Å². The molecule has 0 saturated heterocycles. The Morgan fingerprint density at radius 3 is 2.65 bits per heavy atom. The van der Waals surface area contributed by atoms with E-state index in [1.54, 1.807) is 0 Å². The predicted molar refractivity (Wildman–Crippen MR) is 66.7 cm³/mol. The van der Waals surface area contributed by atoms with Crippen LogP contribution in [0.4, 0.5) is 8.78 Å². The number of halogens is 4. The zero-order valence-electron chi connectivity index (χ0n) is 8.90.